The molecule has 0 saturated heterocycles. The highest BCUT2D eigenvalue weighted by molar-refractivity contribution is 6.30. The largest absolute Gasteiger partial charge is 0.459 e. The van der Waals surface area contributed by atoms with Crippen LogP contribution in [0.4, 0.5) is 4.39 Å². The van der Waals surface area contributed by atoms with Crippen molar-refractivity contribution in [3.05, 3.63) is 58.8 Å². The van der Waals surface area contributed by atoms with Crippen LogP contribution in [0, 0.1) is 5.82 Å². The maximum absolute atomic E-state index is 13.9. The topological polar surface area (TPSA) is 42.2 Å². The molecule has 5 heteroatoms. The van der Waals surface area contributed by atoms with Gasteiger partial charge in [-0.3, -0.25) is 4.79 Å². The summed E-state index contributed by atoms with van der Waals surface area (Å²) in [4.78, 5) is 12.0. The van der Waals surface area contributed by atoms with Crippen LogP contribution in [0.15, 0.2) is 41.0 Å². The number of rotatable bonds is 3. The number of carbonyl (C=O) groups excluding carboxylic acids is 1. The molecule has 0 radical (unpaired) electrons. The minimum atomic E-state index is -0.626. The molecule has 1 aliphatic carbocycles. The fraction of sp³-hybridized carbons (Fsp3) is 0.214. The lowest BCUT2D eigenvalue weighted by Gasteiger charge is -2.18. The molecule has 1 aromatic carbocycles. The number of nitrogens with one attached hydrogen (secondary N) is 1. The lowest BCUT2D eigenvalue weighted by atomic mass is 10.0. The van der Waals surface area contributed by atoms with E-state index in [2.05, 4.69) is 5.32 Å². The van der Waals surface area contributed by atoms with Gasteiger partial charge in [-0.2, -0.15) is 0 Å². The zero-order valence-electron chi connectivity index (χ0n) is 9.95. The highest BCUT2D eigenvalue weighted by Gasteiger charge is 2.47. The predicted molar refractivity (Wildman–Crippen MR) is 68.5 cm³/mol. The number of amides is 1. The average molecular weight is 280 g/mol. The molecular formula is C14H11ClFNO2. The van der Waals surface area contributed by atoms with Crippen molar-refractivity contribution in [1.82, 2.24) is 5.32 Å². The first kappa shape index (κ1) is 12.2. The van der Waals surface area contributed by atoms with Crippen LogP contribution in [0.25, 0.3) is 0 Å². The van der Waals surface area contributed by atoms with Crippen LogP contribution in [0.1, 0.15) is 29.0 Å². The normalized spacial score (nSPS) is 16.1. The van der Waals surface area contributed by atoms with E-state index in [1.54, 1.807) is 24.3 Å². The molecule has 0 spiro atoms. The Balaban J connectivity index is 1.86. The summed E-state index contributed by atoms with van der Waals surface area (Å²) in [5, 5.41) is 3.17. The molecule has 0 unspecified atom stereocenters. The summed E-state index contributed by atoms with van der Waals surface area (Å²) in [5.74, 6) is -0.512. The Morgan fingerprint density at radius 2 is 2.16 bits per heavy atom. The fourth-order valence-corrected chi connectivity index (χ4v) is 2.31. The molecule has 3 nitrogen and oxygen atoms in total. The third-order valence-corrected chi connectivity index (χ3v) is 3.53. The lowest BCUT2D eigenvalue weighted by Crippen LogP contribution is -2.35. The number of hydrogen-bond acceptors (Lipinski definition) is 2. The van der Waals surface area contributed by atoms with Crippen LogP contribution < -0.4 is 5.32 Å². The molecule has 1 saturated carbocycles. The Bertz CT molecular complexity index is 620. The van der Waals surface area contributed by atoms with Crippen molar-refractivity contribution >= 4 is 17.5 Å². The minimum absolute atomic E-state index is 0.223. The second kappa shape index (κ2) is 4.38. The van der Waals surface area contributed by atoms with Crippen molar-refractivity contribution in [3.63, 3.8) is 0 Å². The second-order valence-electron chi connectivity index (χ2n) is 4.64. The molecule has 1 amide bonds. The molecule has 1 aliphatic rings. The monoisotopic (exact) mass is 279 g/mol. The lowest BCUT2D eigenvalue weighted by molar-refractivity contribution is 0.0902. The highest BCUT2D eigenvalue weighted by Crippen LogP contribution is 2.47. The van der Waals surface area contributed by atoms with Crippen LogP contribution >= 0.6 is 11.6 Å². The maximum atomic E-state index is 13.9. The Morgan fingerprint density at radius 1 is 1.37 bits per heavy atom. The van der Waals surface area contributed by atoms with Gasteiger partial charge in [0.1, 0.15) is 5.82 Å². The zero-order chi connectivity index (χ0) is 13.5. The van der Waals surface area contributed by atoms with Crippen molar-refractivity contribution in [1.29, 1.82) is 0 Å². The molecule has 0 aliphatic heterocycles. The Hall–Kier alpha value is -1.81. The highest BCUT2D eigenvalue weighted by atomic mass is 35.5. The molecule has 0 bridgehead atoms. The van der Waals surface area contributed by atoms with Crippen LogP contribution in [-0.4, -0.2) is 5.91 Å². The quantitative estimate of drug-likeness (QED) is 0.934. The molecule has 19 heavy (non-hydrogen) atoms. The Labute approximate surface area is 114 Å². The average Bonchev–Trinajstić information content (AvgIpc) is 2.93. The molecule has 1 N–H and O–H groups in total. The Morgan fingerprint density at radius 3 is 2.74 bits per heavy atom. The van der Waals surface area contributed by atoms with Gasteiger partial charge < -0.3 is 9.73 Å². The van der Waals surface area contributed by atoms with Crippen molar-refractivity contribution in [2.45, 2.75) is 18.4 Å². The molecule has 3 rings (SSSR count). The van der Waals surface area contributed by atoms with Crippen molar-refractivity contribution in [2.24, 2.45) is 0 Å². The van der Waals surface area contributed by atoms with Crippen LogP contribution in [0.5, 0.6) is 0 Å². The van der Waals surface area contributed by atoms with Crippen LogP contribution in [0.2, 0.25) is 5.02 Å². The third-order valence-electron chi connectivity index (χ3n) is 3.29. The molecule has 98 valence electrons. The van der Waals surface area contributed by atoms with E-state index in [4.69, 9.17) is 16.0 Å². The van der Waals surface area contributed by atoms with Gasteiger partial charge in [0.15, 0.2) is 5.76 Å². The number of furan rings is 1. The first-order valence-corrected chi connectivity index (χ1v) is 6.30. The first-order valence-electron chi connectivity index (χ1n) is 5.92. The standard InChI is InChI=1S/C14H11ClFNO2/c15-9-3-4-10(11(16)8-9)14(5-6-14)17-13(18)12-2-1-7-19-12/h1-4,7-8H,5-6H2,(H,17,18). The maximum Gasteiger partial charge on any atom is 0.287 e. The van der Waals surface area contributed by atoms with Gasteiger partial charge in [-0.05, 0) is 37.1 Å². The SMILES string of the molecule is O=C(NC1(c2ccc(Cl)cc2F)CC1)c1ccco1. The van der Waals surface area contributed by atoms with Gasteiger partial charge >= 0.3 is 0 Å². The van der Waals surface area contributed by atoms with Crippen molar-refractivity contribution in [3.8, 4) is 0 Å². The number of carbonyl (C=O) groups is 1. The van der Waals surface area contributed by atoms with E-state index in [0.717, 1.165) is 0 Å². The molecular weight excluding hydrogens is 269 g/mol. The molecule has 0 atom stereocenters. The number of halogens is 2. The number of hydrogen-bond donors (Lipinski definition) is 1. The summed E-state index contributed by atoms with van der Waals surface area (Å²) in [5.41, 5.74) is -0.157. The fourth-order valence-electron chi connectivity index (χ4n) is 2.15. The summed E-state index contributed by atoms with van der Waals surface area (Å²) >= 11 is 5.73. The summed E-state index contributed by atoms with van der Waals surface area (Å²) in [6, 6.07) is 7.71. The molecule has 1 heterocycles. The van der Waals surface area contributed by atoms with Gasteiger partial charge in [-0.25, -0.2) is 4.39 Å². The van der Waals surface area contributed by atoms with E-state index in [9.17, 15) is 9.18 Å². The number of benzene rings is 1. The minimum Gasteiger partial charge on any atom is -0.459 e. The second-order valence-corrected chi connectivity index (χ2v) is 5.07. The van der Waals surface area contributed by atoms with Crippen molar-refractivity contribution in [2.75, 3.05) is 0 Å². The van der Waals surface area contributed by atoms with Crippen LogP contribution in [0.3, 0.4) is 0 Å². The van der Waals surface area contributed by atoms with E-state index < -0.39 is 11.4 Å². The van der Waals surface area contributed by atoms with E-state index in [1.165, 1.54) is 12.3 Å². The molecule has 1 aromatic heterocycles. The van der Waals surface area contributed by atoms with Gasteiger partial charge in [0, 0.05) is 10.6 Å². The summed E-state index contributed by atoms with van der Waals surface area (Å²) < 4.78 is 18.9. The summed E-state index contributed by atoms with van der Waals surface area (Å²) in [6.07, 6.45) is 2.84. The molecule has 2 aromatic rings. The van der Waals surface area contributed by atoms with Crippen molar-refractivity contribution < 1.29 is 13.6 Å². The van der Waals surface area contributed by atoms with E-state index in [-0.39, 0.29) is 11.7 Å². The van der Waals surface area contributed by atoms with Gasteiger partial charge in [-0.1, -0.05) is 17.7 Å². The van der Waals surface area contributed by atoms with Crippen LogP contribution in [-0.2, 0) is 5.54 Å². The third kappa shape index (κ3) is 2.24. The smallest absolute Gasteiger partial charge is 0.287 e. The van der Waals surface area contributed by atoms with Gasteiger partial charge in [0.25, 0.3) is 5.91 Å². The predicted octanol–water partition coefficient (Wildman–Crippen LogP) is 3.49. The van der Waals surface area contributed by atoms with Gasteiger partial charge in [-0.15, -0.1) is 0 Å². The van der Waals surface area contributed by atoms with Gasteiger partial charge in [0.2, 0.25) is 0 Å². The van der Waals surface area contributed by atoms with Gasteiger partial charge in [0.05, 0.1) is 11.8 Å². The molecule has 1 fully saturated rings. The van der Waals surface area contributed by atoms with E-state index >= 15 is 0 Å². The van der Waals surface area contributed by atoms with E-state index in [1.807, 2.05) is 0 Å². The van der Waals surface area contributed by atoms with E-state index in [0.29, 0.717) is 23.4 Å². The summed E-state index contributed by atoms with van der Waals surface area (Å²) in [6.45, 7) is 0. The zero-order valence-corrected chi connectivity index (χ0v) is 10.7. The summed E-state index contributed by atoms with van der Waals surface area (Å²) in [7, 11) is 0. The Kier molecular flexibility index (Phi) is 2.82. The first-order chi connectivity index (χ1) is 9.11.